The van der Waals surface area contributed by atoms with Crippen LogP contribution in [-0.2, 0) is 6.54 Å². The van der Waals surface area contributed by atoms with Gasteiger partial charge in [-0.3, -0.25) is 4.90 Å². The predicted molar refractivity (Wildman–Crippen MR) is 69.4 cm³/mol. The highest BCUT2D eigenvalue weighted by Gasteiger charge is 2.21. The normalized spacial score (nSPS) is 17.1. The Morgan fingerprint density at radius 2 is 1.81 bits per heavy atom. The number of benzene rings is 1. The van der Waals surface area contributed by atoms with E-state index in [1.54, 1.807) is 0 Å². The molecule has 2 rings (SSSR count). The Labute approximate surface area is 99.5 Å². The smallest absolute Gasteiger partial charge is 0.0236 e. The second-order valence-electron chi connectivity index (χ2n) is 4.89. The summed E-state index contributed by atoms with van der Waals surface area (Å²) in [6, 6.07) is 11.7. The molecule has 16 heavy (non-hydrogen) atoms. The molecule has 0 heterocycles. The van der Waals surface area contributed by atoms with Gasteiger partial charge in [-0.2, -0.15) is 0 Å². The lowest BCUT2D eigenvalue weighted by atomic mass is 10.1. The molecule has 0 bridgehead atoms. The molecule has 0 radical (unpaired) electrons. The monoisotopic (exact) mass is 217 g/mol. The molecule has 88 valence electrons. The maximum atomic E-state index is 2.68. The molecule has 0 aromatic heterocycles. The van der Waals surface area contributed by atoms with Crippen LogP contribution in [0.15, 0.2) is 30.3 Å². The molecule has 0 amide bonds. The van der Waals surface area contributed by atoms with E-state index >= 15 is 0 Å². The molecule has 0 spiro atoms. The average molecular weight is 217 g/mol. The molecule has 0 aliphatic heterocycles. The van der Waals surface area contributed by atoms with Gasteiger partial charge >= 0.3 is 0 Å². The lowest BCUT2D eigenvalue weighted by Crippen LogP contribution is -2.33. The van der Waals surface area contributed by atoms with Crippen molar-refractivity contribution >= 4 is 0 Å². The minimum absolute atomic E-state index is 0.847. The Balaban J connectivity index is 1.96. The molecule has 1 heteroatoms. The Morgan fingerprint density at radius 3 is 2.44 bits per heavy atom. The summed E-state index contributed by atoms with van der Waals surface area (Å²) in [5, 5.41) is 0. The molecule has 0 unspecified atom stereocenters. The summed E-state index contributed by atoms with van der Waals surface area (Å²) in [6.45, 7) is 4.67. The van der Waals surface area contributed by atoms with E-state index in [4.69, 9.17) is 0 Å². The SMILES string of the molecule is CCCN(Cc1ccccc1)C1CCCC1. The van der Waals surface area contributed by atoms with Crippen LogP contribution in [-0.4, -0.2) is 17.5 Å². The highest BCUT2D eigenvalue weighted by atomic mass is 15.2. The lowest BCUT2D eigenvalue weighted by Gasteiger charge is -2.28. The summed E-state index contributed by atoms with van der Waals surface area (Å²) < 4.78 is 0. The third kappa shape index (κ3) is 3.08. The van der Waals surface area contributed by atoms with Gasteiger partial charge in [-0.05, 0) is 31.4 Å². The van der Waals surface area contributed by atoms with Gasteiger partial charge in [-0.1, -0.05) is 50.1 Å². The van der Waals surface area contributed by atoms with Crippen LogP contribution in [0.2, 0.25) is 0 Å². The molecule has 1 fully saturated rings. The van der Waals surface area contributed by atoms with E-state index in [1.807, 2.05) is 0 Å². The van der Waals surface area contributed by atoms with Crippen molar-refractivity contribution in [2.75, 3.05) is 6.54 Å². The van der Waals surface area contributed by atoms with E-state index < -0.39 is 0 Å². The zero-order valence-corrected chi connectivity index (χ0v) is 10.4. The Kier molecular flexibility index (Phi) is 4.41. The summed E-state index contributed by atoms with van der Waals surface area (Å²) >= 11 is 0. The maximum absolute atomic E-state index is 2.68. The Hall–Kier alpha value is -0.820. The van der Waals surface area contributed by atoms with Crippen molar-refractivity contribution in [2.45, 2.75) is 51.6 Å². The van der Waals surface area contributed by atoms with Gasteiger partial charge in [0.2, 0.25) is 0 Å². The number of hydrogen-bond acceptors (Lipinski definition) is 1. The van der Waals surface area contributed by atoms with E-state index in [-0.39, 0.29) is 0 Å². The second-order valence-corrected chi connectivity index (χ2v) is 4.89. The number of hydrogen-bond donors (Lipinski definition) is 0. The molecule has 1 saturated carbocycles. The highest BCUT2D eigenvalue weighted by molar-refractivity contribution is 5.14. The predicted octanol–water partition coefficient (Wildman–Crippen LogP) is 3.84. The average Bonchev–Trinajstić information content (AvgIpc) is 2.83. The summed E-state index contributed by atoms with van der Waals surface area (Å²) in [6.07, 6.45) is 6.95. The molecular formula is C15H23N. The van der Waals surface area contributed by atoms with Gasteiger partial charge < -0.3 is 0 Å². The van der Waals surface area contributed by atoms with Crippen molar-refractivity contribution in [1.82, 2.24) is 4.90 Å². The summed E-state index contributed by atoms with van der Waals surface area (Å²) in [5.41, 5.74) is 1.46. The standard InChI is InChI=1S/C15H23N/c1-2-12-16(15-10-6-7-11-15)13-14-8-4-3-5-9-14/h3-5,8-9,15H,2,6-7,10-13H2,1H3. The highest BCUT2D eigenvalue weighted by Crippen LogP contribution is 2.25. The van der Waals surface area contributed by atoms with Crippen LogP contribution in [0.25, 0.3) is 0 Å². The molecule has 0 atom stereocenters. The van der Waals surface area contributed by atoms with Crippen LogP contribution < -0.4 is 0 Å². The fraction of sp³-hybridized carbons (Fsp3) is 0.600. The van der Waals surface area contributed by atoms with Crippen LogP contribution in [0.4, 0.5) is 0 Å². The first-order chi connectivity index (χ1) is 7.90. The van der Waals surface area contributed by atoms with E-state index in [9.17, 15) is 0 Å². The van der Waals surface area contributed by atoms with Crippen LogP contribution in [0.1, 0.15) is 44.6 Å². The van der Waals surface area contributed by atoms with Gasteiger partial charge in [-0.15, -0.1) is 0 Å². The van der Waals surface area contributed by atoms with Gasteiger partial charge in [0.05, 0.1) is 0 Å². The van der Waals surface area contributed by atoms with Crippen molar-refractivity contribution in [3.63, 3.8) is 0 Å². The van der Waals surface area contributed by atoms with Gasteiger partial charge in [0.25, 0.3) is 0 Å². The fourth-order valence-electron chi connectivity index (χ4n) is 2.77. The number of nitrogens with zero attached hydrogens (tertiary/aromatic N) is 1. The van der Waals surface area contributed by atoms with Crippen LogP contribution >= 0.6 is 0 Å². The topological polar surface area (TPSA) is 3.24 Å². The molecule has 1 aliphatic carbocycles. The molecule has 0 saturated heterocycles. The number of rotatable bonds is 5. The van der Waals surface area contributed by atoms with Crippen LogP contribution in [0.5, 0.6) is 0 Å². The maximum Gasteiger partial charge on any atom is 0.0236 e. The third-order valence-electron chi connectivity index (χ3n) is 3.58. The quantitative estimate of drug-likeness (QED) is 0.724. The summed E-state index contributed by atoms with van der Waals surface area (Å²) in [7, 11) is 0. The van der Waals surface area contributed by atoms with Crippen LogP contribution in [0, 0.1) is 0 Å². The lowest BCUT2D eigenvalue weighted by molar-refractivity contribution is 0.190. The van der Waals surface area contributed by atoms with Gasteiger partial charge in [-0.25, -0.2) is 0 Å². The van der Waals surface area contributed by atoms with Crippen LogP contribution in [0.3, 0.4) is 0 Å². The van der Waals surface area contributed by atoms with E-state index in [0.717, 1.165) is 12.6 Å². The molecule has 1 nitrogen and oxygen atoms in total. The largest absolute Gasteiger partial charge is 0.296 e. The Bertz CT molecular complexity index is 288. The molecule has 0 N–H and O–H groups in total. The zero-order valence-electron chi connectivity index (χ0n) is 10.4. The third-order valence-corrected chi connectivity index (χ3v) is 3.58. The summed E-state index contributed by atoms with van der Waals surface area (Å²) in [4.78, 5) is 2.68. The molecule has 1 aromatic carbocycles. The van der Waals surface area contributed by atoms with Gasteiger partial charge in [0.1, 0.15) is 0 Å². The second kappa shape index (κ2) is 6.05. The molecule has 1 aromatic rings. The van der Waals surface area contributed by atoms with Gasteiger partial charge in [0.15, 0.2) is 0 Å². The first-order valence-electron chi connectivity index (χ1n) is 6.68. The fourth-order valence-corrected chi connectivity index (χ4v) is 2.77. The van der Waals surface area contributed by atoms with E-state index in [2.05, 4.69) is 42.2 Å². The van der Waals surface area contributed by atoms with Crippen molar-refractivity contribution in [3.05, 3.63) is 35.9 Å². The van der Waals surface area contributed by atoms with Crippen molar-refractivity contribution in [2.24, 2.45) is 0 Å². The molecule has 1 aliphatic rings. The van der Waals surface area contributed by atoms with Crippen molar-refractivity contribution in [1.29, 1.82) is 0 Å². The van der Waals surface area contributed by atoms with Gasteiger partial charge in [0, 0.05) is 12.6 Å². The zero-order chi connectivity index (χ0) is 11.2. The minimum atomic E-state index is 0.847. The Morgan fingerprint density at radius 1 is 1.12 bits per heavy atom. The van der Waals surface area contributed by atoms with Crippen molar-refractivity contribution in [3.8, 4) is 0 Å². The first kappa shape index (κ1) is 11.7. The van der Waals surface area contributed by atoms with Crippen molar-refractivity contribution < 1.29 is 0 Å². The van der Waals surface area contributed by atoms with E-state index in [0.29, 0.717) is 0 Å². The summed E-state index contributed by atoms with van der Waals surface area (Å²) in [5.74, 6) is 0. The first-order valence-corrected chi connectivity index (χ1v) is 6.68. The molecular weight excluding hydrogens is 194 g/mol. The minimum Gasteiger partial charge on any atom is -0.296 e. The van der Waals surface area contributed by atoms with E-state index in [1.165, 1.54) is 44.2 Å².